The average molecular weight is 265 g/mol. The highest BCUT2D eigenvalue weighted by Gasteiger charge is 2.18. The largest absolute Gasteiger partial charge is 0.368 e. The molecule has 3 N–H and O–H groups in total. The lowest BCUT2D eigenvalue weighted by atomic mass is 10.0. The summed E-state index contributed by atoms with van der Waals surface area (Å²) >= 11 is 3.15. The number of halogens is 1. The zero-order chi connectivity index (χ0) is 11.1. The first kappa shape index (κ1) is 13.4. The number of hydrogen-bond acceptors (Lipinski definition) is 2. The molecule has 0 aromatic heterocycles. The van der Waals surface area contributed by atoms with Gasteiger partial charge in [-0.15, -0.1) is 0 Å². The lowest BCUT2D eigenvalue weighted by Gasteiger charge is -2.16. The molecule has 5 heteroatoms. The Bertz CT molecular complexity index is 207. The second-order valence-electron chi connectivity index (χ2n) is 3.59. The van der Waals surface area contributed by atoms with Crippen LogP contribution in [0.2, 0.25) is 0 Å². The van der Waals surface area contributed by atoms with Crippen LogP contribution in [0, 0.1) is 5.92 Å². The molecule has 0 unspecified atom stereocenters. The van der Waals surface area contributed by atoms with Gasteiger partial charge < -0.3 is 11.1 Å². The van der Waals surface area contributed by atoms with E-state index in [1.165, 1.54) is 0 Å². The van der Waals surface area contributed by atoms with Gasteiger partial charge in [0, 0.05) is 11.8 Å². The molecule has 0 aliphatic rings. The second-order valence-corrected chi connectivity index (χ2v) is 4.38. The van der Waals surface area contributed by atoms with Crippen LogP contribution in [0.3, 0.4) is 0 Å². The first-order chi connectivity index (χ1) is 6.47. The first-order valence-electron chi connectivity index (χ1n) is 4.62. The zero-order valence-corrected chi connectivity index (χ0v) is 10.1. The average Bonchev–Trinajstić information content (AvgIpc) is 2.02. The van der Waals surface area contributed by atoms with Crippen molar-refractivity contribution in [2.75, 3.05) is 5.33 Å². The van der Waals surface area contributed by atoms with Crippen LogP contribution in [0.5, 0.6) is 0 Å². The van der Waals surface area contributed by atoms with Crippen LogP contribution in [0.1, 0.15) is 26.7 Å². The molecule has 0 bridgehead atoms. The maximum Gasteiger partial charge on any atom is 0.240 e. The Labute approximate surface area is 92.7 Å². The van der Waals surface area contributed by atoms with Gasteiger partial charge >= 0.3 is 0 Å². The summed E-state index contributed by atoms with van der Waals surface area (Å²) in [6.07, 6.45) is 0.950. The van der Waals surface area contributed by atoms with Gasteiger partial charge in [-0.2, -0.15) is 0 Å². The zero-order valence-electron chi connectivity index (χ0n) is 8.55. The van der Waals surface area contributed by atoms with Crippen molar-refractivity contribution in [3.63, 3.8) is 0 Å². The Morgan fingerprint density at radius 3 is 2.36 bits per heavy atom. The summed E-state index contributed by atoms with van der Waals surface area (Å²) in [6, 6.07) is -0.540. The van der Waals surface area contributed by atoms with Crippen LogP contribution in [0.25, 0.3) is 0 Å². The molecule has 0 aromatic carbocycles. The molecule has 0 rings (SSSR count). The van der Waals surface area contributed by atoms with Crippen LogP contribution < -0.4 is 11.1 Å². The normalized spacial score (nSPS) is 12.6. The van der Waals surface area contributed by atoms with Gasteiger partial charge in [-0.05, 0) is 12.3 Å². The SMILES string of the molecule is CC(C)C[C@H](NC(=O)CCBr)C(N)=O. The third kappa shape index (κ3) is 5.96. The number of rotatable bonds is 6. The van der Waals surface area contributed by atoms with Gasteiger partial charge in [-0.3, -0.25) is 9.59 Å². The van der Waals surface area contributed by atoms with Crippen molar-refractivity contribution in [2.24, 2.45) is 11.7 Å². The third-order valence-corrected chi connectivity index (χ3v) is 2.10. The number of nitrogens with one attached hydrogen (secondary N) is 1. The lowest BCUT2D eigenvalue weighted by Crippen LogP contribution is -2.45. The monoisotopic (exact) mass is 264 g/mol. The van der Waals surface area contributed by atoms with Gasteiger partial charge in [0.05, 0.1) is 0 Å². The number of hydrogen-bond donors (Lipinski definition) is 2. The van der Waals surface area contributed by atoms with E-state index in [1.807, 2.05) is 13.8 Å². The van der Waals surface area contributed by atoms with Crippen molar-refractivity contribution in [3.8, 4) is 0 Å². The Hall–Kier alpha value is -0.580. The van der Waals surface area contributed by atoms with E-state index in [2.05, 4.69) is 21.2 Å². The smallest absolute Gasteiger partial charge is 0.240 e. The van der Waals surface area contributed by atoms with E-state index in [4.69, 9.17) is 5.73 Å². The van der Waals surface area contributed by atoms with E-state index in [0.29, 0.717) is 24.1 Å². The predicted molar refractivity (Wildman–Crippen MR) is 59.0 cm³/mol. The van der Waals surface area contributed by atoms with Crippen molar-refractivity contribution in [1.29, 1.82) is 0 Å². The fraction of sp³-hybridized carbons (Fsp3) is 0.778. The van der Waals surface area contributed by atoms with E-state index in [-0.39, 0.29) is 5.91 Å². The standard InChI is InChI=1S/C9H17BrN2O2/c1-6(2)5-7(9(11)14)12-8(13)3-4-10/h6-7H,3-5H2,1-2H3,(H2,11,14)(H,12,13)/t7-/m0/s1. The molecule has 14 heavy (non-hydrogen) atoms. The van der Waals surface area contributed by atoms with E-state index >= 15 is 0 Å². The van der Waals surface area contributed by atoms with Gasteiger partial charge in [-0.1, -0.05) is 29.8 Å². The molecular weight excluding hydrogens is 248 g/mol. The molecule has 0 aromatic rings. The molecule has 4 nitrogen and oxygen atoms in total. The number of alkyl halides is 1. The number of carbonyl (C=O) groups excluding carboxylic acids is 2. The van der Waals surface area contributed by atoms with Crippen LogP contribution in [0.15, 0.2) is 0 Å². The first-order valence-corrected chi connectivity index (χ1v) is 5.74. The summed E-state index contributed by atoms with van der Waals surface area (Å²) in [5, 5.41) is 3.19. The number of primary amides is 1. The van der Waals surface area contributed by atoms with Gasteiger partial charge in [0.2, 0.25) is 11.8 Å². The molecular formula is C9H17BrN2O2. The van der Waals surface area contributed by atoms with Crippen molar-refractivity contribution in [1.82, 2.24) is 5.32 Å². The molecule has 0 spiro atoms. The Morgan fingerprint density at radius 1 is 1.43 bits per heavy atom. The fourth-order valence-electron chi connectivity index (χ4n) is 1.07. The highest BCUT2D eigenvalue weighted by molar-refractivity contribution is 9.09. The number of nitrogens with two attached hydrogens (primary N) is 1. The maximum atomic E-state index is 11.2. The van der Waals surface area contributed by atoms with Crippen molar-refractivity contribution < 1.29 is 9.59 Å². The molecule has 82 valence electrons. The van der Waals surface area contributed by atoms with Crippen LogP contribution in [-0.4, -0.2) is 23.2 Å². The summed E-state index contributed by atoms with van der Waals surface area (Å²) in [7, 11) is 0. The molecule has 2 amide bonds. The predicted octanol–water partition coefficient (Wildman–Crippen LogP) is 0.788. The van der Waals surface area contributed by atoms with Crippen LogP contribution in [-0.2, 0) is 9.59 Å². The highest BCUT2D eigenvalue weighted by atomic mass is 79.9. The Morgan fingerprint density at radius 2 is 2.00 bits per heavy atom. The van der Waals surface area contributed by atoms with Crippen LogP contribution >= 0.6 is 15.9 Å². The van der Waals surface area contributed by atoms with Gasteiger partial charge in [0.25, 0.3) is 0 Å². The summed E-state index contributed by atoms with van der Waals surface area (Å²) in [6.45, 7) is 3.96. The maximum absolute atomic E-state index is 11.2. The van der Waals surface area contributed by atoms with E-state index < -0.39 is 11.9 Å². The van der Waals surface area contributed by atoms with Crippen molar-refractivity contribution in [3.05, 3.63) is 0 Å². The summed E-state index contributed by atoms with van der Waals surface area (Å²) in [4.78, 5) is 22.2. The number of amides is 2. The molecule has 0 radical (unpaired) electrons. The minimum atomic E-state index is -0.540. The third-order valence-electron chi connectivity index (χ3n) is 1.71. The molecule has 0 aliphatic carbocycles. The molecule has 0 aliphatic heterocycles. The highest BCUT2D eigenvalue weighted by Crippen LogP contribution is 2.04. The lowest BCUT2D eigenvalue weighted by molar-refractivity contribution is -0.127. The van der Waals surface area contributed by atoms with E-state index in [1.54, 1.807) is 0 Å². The van der Waals surface area contributed by atoms with Crippen LogP contribution in [0.4, 0.5) is 0 Å². The molecule has 0 heterocycles. The second kappa shape index (κ2) is 6.81. The fourth-order valence-corrected chi connectivity index (χ4v) is 1.43. The minimum absolute atomic E-state index is 0.147. The molecule has 0 saturated carbocycles. The minimum Gasteiger partial charge on any atom is -0.368 e. The van der Waals surface area contributed by atoms with Crippen molar-refractivity contribution >= 4 is 27.7 Å². The summed E-state index contributed by atoms with van der Waals surface area (Å²) < 4.78 is 0. The molecule has 0 fully saturated rings. The van der Waals surface area contributed by atoms with Gasteiger partial charge in [-0.25, -0.2) is 0 Å². The van der Waals surface area contributed by atoms with Crippen molar-refractivity contribution in [2.45, 2.75) is 32.7 Å². The summed E-state index contributed by atoms with van der Waals surface area (Å²) in [5.74, 6) is -0.287. The van der Waals surface area contributed by atoms with Gasteiger partial charge in [0.1, 0.15) is 6.04 Å². The van der Waals surface area contributed by atoms with E-state index in [0.717, 1.165) is 0 Å². The number of carbonyl (C=O) groups is 2. The Balaban J connectivity index is 4.09. The summed E-state index contributed by atoms with van der Waals surface area (Å²) in [5.41, 5.74) is 5.16. The topological polar surface area (TPSA) is 72.2 Å². The van der Waals surface area contributed by atoms with Gasteiger partial charge in [0.15, 0.2) is 0 Å². The molecule has 0 saturated heterocycles. The van der Waals surface area contributed by atoms with E-state index in [9.17, 15) is 9.59 Å². The Kier molecular flexibility index (Phi) is 6.53. The molecule has 1 atom stereocenters. The quantitative estimate of drug-likeness (QED) is 0.697.